The van der Waals surface area contributed by atoms with E-state index in [2.05, 4.69) is 21.0 Å². The number of hydrogen-bond acceptors (Lipinski definition) is 5. The normalized spacial score (nSPS) is 13.0. The predicted octanol–water partition coefficient (Wildman–Crippen LogP) is 3.69. The first-order valence-corrected chi connectivity index (χ1v) is 9.13. The van der Waals surface area contributed by atoms with Crippen LogP contribution in [0.1, 0.15) is 5.56 Å². The van der Waals surface area contributed by atoms with Gasteiger partial charge in [-0.3, -0.25) is 9.78 Å². The topological polar surface area (TPSA) is 71.1 Å². The molecule has 28 heavy (non-hydrogen) atoms. The van der Waals surface area contributed by atoms with Crippen LogP contribution in [0.15, 0.2) is 65.6 Å². The van der Waals surface area contributed by atoms with Crippen LogP contribution in [0.5, 0.6) is 5.75 Å². The second-order valence-corrected chi connectivity index (χ2v) is 6.71. The Hall–Kier alpha value is -3.67. The van der Waals surface area contributed by atoms with Crippen LogP contribution in [0.3, 0.4) is 0 Å². The quantitative estimate of drug-likeness (QED) is 0.596. The van der Waals surface area contributed by atoms with E-state index in [9.17, 15) is 4.79 Å². The van der Waals surface area contributed by atoms with Crippen molar-refractivity contribution >= 4 is 22.7 Å². The molecule has 0 amide bonds. The van der Waals surface area contributed by atoms with Crippen molar-refractivity contribution < 1.29 is 4.74 Å². The molecule has 0 unspecified atom stereocenters. The third-order valence-electron chi connectivity index (χ3n) is 5.14. The first-order chi connectivity index (χ1) is 13.7. The van der Waals surface area contributed by atoms with Gasteiger partial charge in [-0.05, 0) is 47.4 Å². The zero-order chi connectivity index (χ0) is 19.1. The molecular formula is C22H18N4O2. The Bertz CT molecular complexity index is 1230. The Morgan fingerprint density at radius 1 is 1.07 bits per heavy atom. The van der Waals surface area contributed by atoms with Crippen LogP contribution in [-0.2, 0) is 6.42 Å². The number of anilines is 2. The van der Waals surface area contributed by atoms with Crippen molar-refractivity contribution in [3.8, 4) is 16.9 Å². The monoisotopic (exact) mass is 370 g/mol. The van der Waals surface area contributed by atoms with Gasteiger partial charge in [0.2, 0.25) is 5.95 Å². The summed E-state index contributed by atoms with van der Waals surface area (Å²) in [7, 11) is 1.63. The molecule has 138 valence electrons. The summed E-state index contributed by atoms with van der Waals surface area (Å²) in [5.74, 6) is 1.30. The lowest BCUT2D eigenvalue weighted by Gasteiger charge is -2.18. The van der Waals surface area contributed by atoms with Gasteiger partial charge in [-0.25, -0.2) is 4.98 Å². The molecule has 2 aromatic heterocycles. The summed E-state index contributed by atoms with van der Waals surface area (Å²) in [6.45, 7) is 0.784. The van der Waals surface area contributed by atoms with Gasteiger partial charge in [0, 0.05) is 18.4 Å². The molecule has 0 atom stereocenters. The van der Waals surface area contributed by atoms with Gasteiger partial charge in [0.15, 0.2) is 5.65 Å². The second kappa shape index (κ2) is 6.49. The molecule has 6 nitrogen and oxygen atoms in total. The number of methoxy groups -OCH3 is 1. The average molecular weight is 370 g/mol. The van der Waals surface area contributed by atoms with E-state index in [1.54, 1.807) is 13.3 Å². The van der Waals surface area contributed by atoms with Crippen LogP contribution >= 0.6 is 0 Å². The number of fused-ring (bicyclic) bond motifs is 2. The van der Waals surface area contributed by atoms with Crippen LogP contribution in [0, 0.1) is 0 Å². The van der Waals surface area contributed by atoms with Crippen molar-refractivity contribution in [2.75, 3.05) is 18.6 Å². The van der Waals surface area contributed by atoms with Crippen molar-refractivity contribution in [1.29, 1.82) is 0 Å². The lowest BCUT2D eigenvalue weighted by atomic mass is 10.0. The fraction of sp³-hybridized carbons (Fsp3) is 0.136. The molecule has 0 bridgehead atoms. The molecule has 2 aromatic carbocycles. The highest BCUT2D eigenvalue weighted by Crippen LogP contribution is 2.33. The maximum absolute atomic E-state index is 13.0. The number of pyridine rings is 1. The Kier molecular flexibility index (Phi) is 3.83. The van der Waals surface area contributed by atoms with Gasteiger partial charge in [-0.15, -0.1) is 0 Å². The molecule has 0 spiro atoms. The number of H-pyrrole nitrogens is 1. The highest BCUT2D eigenvalue weighted by Gasteiger charge is 2.23. The molecule has 0 saturated carbocycles. The first kappa shape index (κ1) is 16.5. The van der Waals surface area contributed by atoms with Gasteiger partial charge >= 0.3 is 0 Å². The summed E-state index contributed by atoms with van der Waals surface area (Å²) < 4.78 is 5.22. The van der Waals surface area contributed by atoms with Crippen LogP contribution in [0.25, 0.3) is 22.2 Å². The van der Waals surface area contributed by atoms with E-state index >= 15 is 0 Å². The van der Waals surface area contributed by atoms with Crippen molar-refractivity contribution in [2.45, 2.75) is 6.42 Å². The van der Waals surface area contributed by atoms with Crippen LogP contribution in [0.2, 0.25) is 0 Å². The Labute approximate surface area is 161 Å². The summed E-state index contributed by atoms with van der Waals surface area (Å²) in [5.41, 5.74) is 4.30. The second-order valence-electron chi connectivity index (χ2n) is 6.71. The summed E-state index contributed by atoms with van der Waals surface area (Å²) >= 11 is 0. The Balaban J connectivity index is 1.64. The number of aromatic nitrogens is 3. The minimum atomic E-state index is -0.191. The number of aromatic amines is 1. The molecule has 0 saturated heterocycles. The van der Waals surface area contributed by atoms with Gasteiger partial charge in [0.05, 0.1) is 12.5 Å². The molecule has 1 aliphatic heterocycles. The van der Waals surface area contributed by atoms with Crippen LogP contribution < -0.4 is 15.2 Å². The molecule has 0 radical (unpaired) electrons. The third-order valence-corrected chi connectivity index (χ3v) is 5.14. The minimum absolute atomic E-state index is 0.191. The highest BCUT2D eigenvalue weighted by atomic mass is 16.5. The zero-order valence-electron chi connectivity index (χ0n) is 15.3. The van der Waals surface area contributed by atoms with Gasteiger partial charge in [-0.2, -0.15) is 4.98 Å². The average Bonchev–Trinajstić information content (AvgIpc) is 3.17. The molecule has 1 aliphatic rings. The highest BCUT2D eigenvalue weighted by molar-refractivity contribution is 5.92. The number of nitrogens with zero attached hydrogens (tertiary/aromatic N) is 3. The van der Waals surface area contributed by atoms with Gasteiger partial charge in [0.25, 0.3) is 5.56 Å². The van der Waals surface area contributed by atoms with Crippen LogP contribution in [-0.4, -0.2) is 28.6 Å². The van der Waals surface area contributed by atoms with Crippen molar-refractivity contribution in [1.82, 2.24) is 15.0 Å². The maximum atomic E-state index is 13.0. The molecule has 5 rings (SSSR count). The van der Waals surface area contributed by atoms with Gasteiger partial charge in [0.1, 0.15) is 5.75 Å². The van der Waals surface area contributed by atoms with Gasteiger partial charge in [-0.1, -0.05) is 30.3 Å². The summed E-state index contributed by atoms with van der Waals surface area (Å²) in [4.78, 5) is 27.0. The Morgan fingerprint density at radius 3 is 2.71 bits per heavy atom. The van der Waals surface area contributed by atoms with Crippen LogP contribution in [0.4, 0.5) is 11.6 Å². The molecular weight excluding hydrogens is 352 g/mol. The van der Waals surface area contributed by atoms with E-state index in [-0.39, 0.29) is 5.56 Å². The third kappa shape index (κ3) is 2.62. The molecule has 1 N–H and O–H groups in total. The number of para-hydroxylation sites is 1. The molecule has 4 aromatic rings. The van der Waals surface area contributed by atoms with E-state index in [4.69, 9.17) is 4.74 Å². The lowest BCUT2D eigenvalue weighted by Crippen LogP contribution is -2.21. The van der Waals surface area contributed by atoms with Crippen molar-refractivity contribution in [3.63, 3.8) is 0 Å². The van der Waals surface area contributed by atoms with E-state index in [1.165, 1.54) is 5.56 Å². The SMILES string of the molecule is COc1ccc(-c2ccnc3nc(N4CCc5ccccc54)[nH]c(=O)c23)cc1. The fourth-order valence-electron chi connectivity index (χ4n) is 3.75. The minimum Gasteiger partial charge on any atom is -0.497 e. The number of nitrogens with one attached hydrogen (secondary N) is 1. The van der Waals surface area contributed by atoms with E-state index < -0.39 is 0 Å². The molecule has 0 aliphatic carbocycles. The van der Waals surface area contributed by atoms with E-state index in [1.807, 2.05) is 53.4 Å². The Morgan fingerprint density at radius 2 is 1.89 bits per heavy atom. The first-order valence-electron chi connectivity index (χ1n) is 9.13. The van der Waals surface area contributed by atoms with Crippen molar-refractivity contribution in [3.05, 3.63) is 76.7 Å². The largest absolute Gasteiger partial charge is 0.497 e. The van der Waals surface area contributed by atoms with E-state index in [0.29, 0.717) is 17.0 Å². The fourth-order valence-corrected chi connectivity index (χ4v) is 3.75. The van der Waals surface area contributed by atoms with E-state index in [0.717, 1.165) is 35.5 Å². The standard InChI is InChI=1S/C22H18N4O2/c1-28-16-8-6-14(7-9-16)17-10-12-23-20-19(17)21(27)25-22(24-20)26-13-11-15-4-2-3-5-18(15)26/h2-10,12H,11,13H2,1H3,(H,23,24,25,27). The zero-order valence-corrected chi connectivity index (χ0v) is 15.3. The molecule has 0 fully saturated rings. The van der Waals surface area contributed by atoms with Crippen molar-refractivity contribution in [2.24, 2.45) is 0 Å². The summed E-state index contributed by atoms with van der Waals surface area (Å²) in [5, 5.41) is 0.490. The number of rotatable bonds is 3. The molecule has 6 heteroatoms. The smallest absolute Gasteiger partial charge is 0.262 e. The summed E-state index contributed by atoms with van der Waals surface area (Å²) in [6, 6.07) is 17.6. The maximum Gasteiger partial charge on any atom is 0.262 e. The summed E-state index contributed by atoms with van der Waals surface area (Å²) in [6.07, 6.45) is 2.62. The molecule has 3 heterocycles. The lowest BCUT2D eigenvalue weighted by molar-refractivity contribution is 0.415. The predicted molar refractivity (Wildman–Crippen MR) is 109 cm³/mol. The number of hydrogen-bond donors (Lipinski definition) is 1. The number of ether oxygens (including phenoxy) is 1. The van der Waals surface area contributed by atoms with Gasteiger partial charge < -0.3 is 9.64 Å². The number of benzene rings is 2.